The predicted octanol–water partition coefficient (Wildman–Crippen LogP) is 1.73. The van der Waals surface area contributed by atoms with Gasteiger partial charge >= 0.3 is 0 Å². The van der Waals surface area contributed by atoms with E-state index in [0.717, 1.165) is 6.42 Å². The zero-order valence-electron chi connectivity index (χ0n) is 7.79. The molecule has 1 aromatic carbocycles. The minimum atomic E-state index is -0.731. The molecule has 1 aromatic rings. The van der Waals surface area contributed by atoms with E-state index in [-0.39, 0.29) is 5.82 Å². The molecule has 1 saturated carbocycles. The van der Waals surface area contributed by atoms with Crippen molar-refractivity contribution >= 4 is 5.91 Å². The number of carbonyl (C=O) groups is 1. The summed E-state index contributed by atoms with van der Waals surface area (Å²) in [6.45, 7) is 0. The van der Waals surface area contributed by atoms with Gasteiger partial charge in [0.2, 0.25) is 5.91 Å². The van der Waals surface area contributed by atoms with Crippen molar-refractivity contribution in [2.45, 2.75) is 24.7 Å². The number of benzene rings is 1. The van der Waals surface area contributed by atoms with E-state index in [1.807, 2.05) is 0 Å². The molecular weight excluding hydrogens is 181 g/mol. The van der Waals surface area contributed by atoms with E-state index in [4.69, 9.17) is 5.73 Å². The van der Waals surface area contributed by atoms with Crippen LogP contribution in [-0.4, -0.2) is 5.91 Å². The molecule has 1 fully saturated rings. The van der Waals surface area contributed by atoms with Crippen LogP contribution in [0.5, 0.6) is 0 Å². The number of hydrogen-bond acceptors (Lipinski definition) is 1. The Morgan fingerprint density at radius 2 is 2.00 bits per heavy atom. The highest BCUT2D eigenvalue weighted by molar-refractivity contribution is 5.87. The van der Waals surface area contributed by atoms with E-state index < -0.39 is 11.3 Å². The SMILES string of the molecule is NC(=O)C1(c2ccccc2F)CCC1. The fourth-order valence-corrected chi connectivity index (χ4v) is 2.03. The van der Waals surface area contributed by atoms with E-state index in [0.29, 0.717) is 18.4 Å². The van der Waals surface area contributed by atoms with E-state index in [1.165, 1.54) is 6.07 Å². The smallest absolute Gasteiger partial charge is 0.228 e. The molecule has 1 amide bonds. The molecule has 1 aliphatic rings. The third-order valence-electron chi connectivity index (χ3n) is 3.07. The molecule has 0 aromatic heterocycles. The first-order valence-electron chi connectivity index (χ1n) is 4.72. The standard InChI is InChI=1S/C11H12FNO/c12-9-5-2-1-4-8(9)11(10(13)14)6-3-7-11/h1-2,4-5H,3,6-7H2,(H2,13,14). The number of nitrogens with two attached hydrogens (primary N) is 1. The summed E-state index contributed by atoms with van der Waals surface area (Å²) in [5.74, 6) is -0.736. The largest absolute Gasteiger partial charge is 0.369 e. The van der Waals surface area contributed by atoms with Gasteiger partial charge in [-0.1, -0.05) is 24.6 Å². The van der Waals surface area contributed by atoms with E-state index >= 15 is 0 Å². The fourth-order valence-electron chi connectivity index (χ4n) is 2.03. The van der Waals surface area contributed by atoms with Gasteiger partial charge in [0.15, 0.2) is 0 Å². The van der Waals surface area contributed by atoms with Crippen molar-refractivity contribution in [2.24, 2.45) is 5.73 Å². The van der Waals surface area contributed by atoms with Gasteiger partial charge < -0.3 is 5.73 Å². The molecule has 74 valence electrons. The van der Waals surface area contributed by atoms with Gasteiger partial charge in [-0.2, -0.15) is 0 Å². The summed E-state index contributed by atoms with van der Waals surface area (Å²) in [7, 11) is 0. The van der Waals surface area contributed by atoms with Gasteiger partial charge in [-0.3, -0.25) is 4.79 Å². The van der Waals surface area contributed by atoms with Crippen molar-refractivity contribution in [3.05, 3.63) is 35.6 Å². The molecule has 3 heteroatoms. The van der Waals surface area contributed by atoms with Crippen LogP contribution in [0.25, 0.3) is 0 Å². The van der Waals surface area contributed by atoms with Gasteiger partial charge in [0, 0.05) is 5.56 Å². The number of halogens is 1. The number of carbonyl (C=O) groups excluding carboxylic acids is 1. The first-order chi connectivity index (χ1) is 6.67. The van der Waals surface area contributed by atoms with Crippen molar-refractivity contribution < 1.29 is 9.18 Å². The maximum absolute atomic E-state index is 13.5. The van der Waals surface area contributed by atoms with Crippen LogP contribution in [0.3, 0.4) is 0 Å². The maximum atomic E-state index is 13.5. The van der Waals surface area contributed by atoms with E-state index in [2.05, 4.69) is 0 Å². The lowest BCUT2D eigenvalue weighted by atomic mass is 9.64. The minimum absolute atomic E-state index is 0.328. The van der Waals surface area contributed by atoms with Gasteiger partial charge in [0.1, 0.15) is 5.82 Å². The van der Waals surface area contributed by atoms with Crippen LogP contribution in [0.2, 0.25) is 0 Å². The van der Waals surface area contributed by atoms with Crippen LogP contribution in [-0.2, 0) is 10.2 Å². The lowest BCUT2D eigenvalue weighted by Gasteiger charge is -2.39. The fraction of sp³-hybridized carbons (Fsp3) is 0.364. The summed E-state index contributed by atoms with van der Waals surface area (Å²) >= 11 is 0. The molecule has 0 atom stereocenters. The van der Waals surface area contributed by atoms with E-state index in [1.54, 1.807) is 18.2 Å². The Morgan fingerprint density at radius 1 is 1.36 bits per heavy atom. The van der Waals surface area contributed by atoms with Crippen LogP contribution in [0.15, 0.2) is 24.3 Å². The van der Waals surface area contributed by atoms with Gasteiger partial charge in [-0.25, -0.2) is 4.39 Å². The Kier molecular flexibility index (Phi) is 2.02. The van der Waals surface area contributed by atoms with Crippen molar-refractivity contribution in [2.75, 3.05) is 0 Å². The summed E-state index contributed by atoms with van der Waals surface area (Å²) in [4.78, 5) is 11.3. The van der Waals surface area contributed by atoms with Crippen molar-refractivity contribution in [1.82, 2.24) is 0 Å². The van der Waals surface area contributed by atoms with Gasteiger partial charge in [-0.05, 0) is 18.9 Å². The molecule has 2 rings (SSSR count). The molecule has 0 aliphatic heterocycles. The number of primary amides is 1. The molecule has 0 heterocycles. The highest BCUT2D eigenvalue weighted by Gasteiger charge is 2.45. The molecule has 2 N–H and O–H groups in total. The highest BCUT2D eigenvalue weighted by atomic mass is 19.1. The van der Waals surface area contributed by atoms with Crippen molar-refractivity contribution in [1.29, 1.82) is 0 Å². The van der Waals surface area contributed by atoms with Crippen LogP contribution in [0, 0.1) is 5.82 Å². The molecule has 0 unspecified atom stereocenters. The highest BCUT2D eigenvalue weighted by Crippen LogP contribution is 2.44. The third-order valence-corrected chi connectivity index (χ3v) is 3.07. The van der Waals surface area contributed by atoms with E-state index in [9.17, 15) is 9.18 Å². The van der Waals surface area contributed by atoms with Crippen molar-refractivity contribution in [3.8, 4) is 0 Å². The van der Waals surface area contributed by atoms with Gasteiger partial charge in [0.25, 0.3) is 0 Å². The zero-order chi connectivity index (χ0) is 10.2. The first-order valence-corrected chi connectivity index (χ1v) is 4.72. The number of hydrogen-bond donors (Lipinski definition) is 1. The van der Waals surface area contributed by atoms with Crippen LogP contribution in [0.4, 0.5) is 4.39 Å². The quantitative estimate of drug-likeness (QED) is 0.763. The number of rotatable bonds is 2. The molecule has 2 nitrogen and oxygen atoms in total. The Balaban J connectivity index is 2.47. The summed E-state index contributed by atoms with van der Waals surface area (Å²) < 4.78 is 13.5. The van der Waals surface area contributed by atoms with Crippen LogP contribution in [0.1, 0.15) is 24.8 Å². The maximum Gasteiger partial charge on any atom is 0.228 e. The molecule has 1 aliphatic carbocycles. The Morgan fingerprint density at radius 3 is 2.43 bits per heavy atom. The average molecular weight is 193 g/mol. The minimum Gasteiger partial charge on any atom is -0.369 e. The predicted molar refractivity (Wildman–Crippen MR) is 51.1 cm³/mol. The lowest BCUT2D eigenvalue weighted by Crippen LogP contribution is -2.47. The summed E-state index contributed by atoms with van der Waals surface area (Å²) in [6.07, 6.45) is 2.28. The van der Waals surface area contributed by atoms with Crippen LogP contribution >= 0.6 is 0 Å². The molecule has 0 radical (unpaired) electrons. The summed E-state index contributed by atoms with van der Waals surface area (Å²) in [6, 6.07) is 6.38. The topological polar surface area (TPSA) is 43.1 Å². The molecular formula is C11H12FNO. The Labute approximate surface area is 81.9 Å². The second-order valence-corrected chi connectivity index (χ2v) is 3.78. The molecule has 0 spiro atoms. The second kappa shape index (κ2) is 3.08. The average Bonchev–Trinajstić information content (AvgIpc) is 2.05. The first kappa shape index (κ1) is 9.19. The normalized spacial score (nSPS) is 18.6. The third kappa shape index (κ3) is 1.12. The van der Waals surface area contributed by atoms with Crippen LogP contribution < -0.4 is 5.73 Å². The Hall–Kier alpha value is -1.38. The zero-order valence-corrected chi connectivity index (χ0v) is 7.79. The van der Waals surface area contributed by atoms with Crippen molar-refractivity contribution in [3.63, 3.8) is 0 Å². The second-order valence-electron chi connectivity index (χ2n) is 3.78. The van der Waals surface area contributed by atoms with Gasteiger partial charge in [-0.15, -0.1) is 0 Å². The number of amides is 1. The lowest BCUT2D eigenvalue weighted by molar-refractivity contribution is -0.126. The molecule has 14 heavy (non-hydrogen) atoms. The molecule has 0 saturated heterocycles. The monoisotopic (exact) mass is 193 g/mol. The Bertz CT molecular complexity index is 371. The summed E-state index contributed by atoms with van der Waals surface area (Å²) in [5, 5.41) is 0. The summed E-state index contributed by atoms with van der Waals surface area (Å²) in [5.41, 5.74) is 5.05. The van der Waals surface area contributed by atoms with Gasteiger partial charge in [0.05, 0.1) is 5.41 Å². The molecule has 0 bridgehead atoms.